The number of imidazole rings is 1. The highest BCUT2D eigenvalue weighted by Gasteiger charge is 2.28. The van der Waals surface area contributed by atoms with Crippen molar-refractivity contribution in [3.8, 4) is 0 Å². The molecule has 1 aliphatic carbocycles. The minimum absolute atomic E-state index is 0.202. The Labute approximate surface area is 126 Å². The number of hydrogen-bond donors (Lipinski definition) is 2. The van der Waals surface area contributed by atoms with Crippen molar-refractivity contribution in [3.05, 3.63) is 47.6 Å². The van der Waals surface area contributed by atoms with Crippen molar-refractivity contribution in [2.75, 3.05) is 6.54 Å². The third kappa shape index (κ3) is 2.59. The second-order valence-electron chi connectivity index (χ2n) is 5.60. The molecule has 2 heterocycles. The quantitative estimate of drug-likeness (QED) is 0.757. The van der Waals surface area contributed by atoms with Gasteiger partial charge in [-0.25, -0.2) is 4.98 Å². The molecule has 6 heteroatoms. The Bertz CT molecular complexity index is 783. The summed E-state index contributed by atoms with van der Waals surface area (Å²) in [5.74, 6) is 1.94. The Balaban J connectivity index is 1.34. The van der Waals surface area contributed by atoms with Gasteiger partial charge in [0, 0.05) is 24.9 Å². The van der Waals surface area contributed by atoms with Crippen LogP contribution in [0.15, 0.2) is 34.9 Å². The molecule has 0 unspecified atom stereocenters. The van der Waals surface area contributed by atoms with Gasteiger partial charge in [0.15, 0.2) is 5.69 Å². The third-order valence-electron chi connectivity index (χ3n) is 3.83. The van der Waals surface area contributed by atoms with E-state index in [1.807, 2.05) is 24.3 Å². The molecule has 6 nitrogen and oxygen atoms in total. The van der Waals surface area contributed by atoms with Crippen LogP contribution in [0.3, 0.4) is 0 Å². The number of hydrogen-bond acceptors (Lipinski definition) is 4. The lowest BCUT2D eigenvalue weighted by Gasteiger charge is -2.00. The number of nitrogens with zero attached hydrogens (tertiary/aromatic N) is 2. The Morgan fingerprint density at radius 1 is 1.36 bits per heavy atom. The van der Waals surface area contributed by atoms with E-state index in [-0.39, 0.29) is 5.91 Å². The number of amides is 1. The van der Waals surface area contributed by atoms with Gasteiger partial charge < -0.3 is 14.8 Å². The highest BCUT2D eigenvalue weighted by molar-refractivity contribution is 5.92. The Morgan fingerprint density at radius 3 is 3.05 bits per heavy atom. The summed E-state index contributed by atoms with van der Waals surface area (Å²) < 4.78 is 5.18. The minimum atomic E-state index is -0.202. The molecule has 2 N–H and O–H groups in total. The molecule has 3 aromatic rings. The number of H-pyrrole nitrogens is 1. The average Bonchev–Trinajstić information content (AvgIpc) is 3.11. The van der Waals surface area contributed by atoms with Gasteiger partial charge in [0.2, 0.25) is 0 Å². The smallest absolute Gasteiger partial charge is 0.273 e. The number of fused-ring (bicyclic) bond motifs is 1. The van der Waals surface area contributed by atoms with Crippen molar-refractivity contribution in [2.24, 2.45) is 0 Å². The van der Waals surface area contributed by atoms with E-state index >= 15 is 0 Å². The van der Waals surface area contributed by atoms with Gasteiger partial charge in [-0.1, -0.05) is 17.3 Å². The summed E-state index contributed by atoms with van der Waals surface area (Å²) in [6, 6.07) is 9.61. The third-order valence-corrected chi connectivity index (χ3v) is 3.83. The van der Waals surface area contributed by atoms with Crippen LogP contribution in [-0.4, -0.2) is 27.6 Å². The van der Waals surface area contributed by atoms with Gasteiger partial charge in [-0.05, 0) is 25.0 Å². The van der Waals surface area contributed by atoms with Crippen LogP contribution in [-0.2, 0) is 6.42 Å². The van der Waals surface area contributed by atoms with E-state index in [4.69, 9.17) is 4.52 Å². The maximum Gasteiger partial charge on any atom is 0.273 e. The number of aromatic amines is 1. The number of para-hydroxylation sites is 2. The molecule has 1 fully saturated rings. The van der Waals surface area contributed by atoms with Crippen LogP contribution < -0.4 is 5.32 Å². The van der Waals surface area contributed by atoms with Gasteiger partial charge in [0.1, 0.15) is 11.6 Å². The van der Waals surface area contributed by atoms with E-state index in [1.165, 1.54) is 0 Å². The van der Waals surface area contributed by atoms with Gasteiger partial charge in [0.25, 0.3) is 5.91 Å². The van der Waals surface area contributed by atoms with Gasteiger partial charge in [-0.2, -0.15) is 0 Å². The summed E-state index contributed by atoms with van der Waals surface area (Å²) in [5, 5.41) is 6.67. The van der Waals surface area contributed by atoms with Gasteiger partial charge in [-0.15, -0.1) is 0 Å². The van der Waals surface area contributed by atoms with Crippen LogP contribution >= 0.6 is 0 Å². The van der Waals surface area contributed by atoms with E-state index < -0.39 is 0 Å². The summed E-state index contributed by atoms with van der Waals surface area (Å²) in [6.45, 7) is 0.504. The highest BCUT2D eigenvalue weighted by atomic mass is 16.5. The molecule has 1 saturated carbocycles. The van der Waals surface area contributed by atoms with Crippen LogP contribution in [0.25, 0.3) is 11.0 Å². The zero-order valence-corrected chi connectivity index (χ0v) is 12.0. The number of rotatable bonds is 5. The van der Waals surface area contributed by atoms with Gasteiger partial charge in [-0.3, -0.25) is 4.79 Å². The zero-order valence-electron chi connectivity index (χ0n) is 12.0. The lowest BCUT2D eigenvalue weighted by Crippen LogP contribution is -2.26. The van der Waals surface area contributed by atoms with Gasteiger partial charge >= 0.3 is 0 Å². The van der Waals surface area contributed by atoms with Crippen molar-refractivity contribution in [3.63, 3.8) is 0 Å². The molecule has 112 valence electrons. The number of carbonyl (C=O) groups excluding carboxylic acids is 1. The number of nitrogens with one attached hydrogen (secondary N) is 2. The molecular weight excluding hydrogens is 280 g/mol. The van der Waals surface area contributed by atoms with Crippen LogP contribution in [0.1, 0.15) is 40.8 Å². The molecular formula is C16H16N4O2. The first-order valence-electron chi connectivity index (χ1n) is 7.48. The van der Waals surface area contributed by atoms with E-state index in [0.717, 1.165) is 35.5 Å². The number of carbonyl (C=O) groups is 1. The fourth-order valence-electron chi connectivity index (χ4n) is 2.47. The molecule has 0 bridgehead atoms. The van der Waals surface area contributed by atoms with Crippen molar-refractivity contribution in [1.29, 1.82) is 0 Å². The molecule has 1 amide bonds. The van der Waals surface area contributed by atoms with Crippen LogP contribution in [0.2, 0.25) is 0 Å². The molecule has 0 saturated heterocycles. The largest absolute Gasteiger partial charge is 0.360 e. The van der Waals surface area contributed by atoms with Crippen molar-refractivity contribution >= 4 is 16.9 Å². The van der Waals surface area contributed by atoms with Crippen molar-refractivity contribution < 1.29 is 9.32 Å². The average molecular weight is 296 g/mol. The van der Waals surface area contributed by atoms with Crippen LogP contribution in [0.4, 0.5) is 0 Å². The maximum atomic E-state index is 12.0. The van der Waals surface area contributed by atoms with E-state index in [2.05, 4.69) is 20.4 Å². The highest BCUT2D eigenvalue weighted by Crippen LogP contribution is 2.40. The number of benzene rings is 1. The first kappa shape index (κ1) is 13.1. The summed E-state index contributed by atoms with van der Waals surface area (Å²) >= 11 is 0. The first-order valence-corrected chi connectivity index (χ1v) is 7.48. The standard InChI is InChI=1S/C16H16N4O2/c21-16(13-9-14(22-20-13)10-5-6-10)17-8-7-15-18-11-3-1-2-4-12(11)19-15/h1-4,9-10H,5-8H2,(H,17,21)(H,18,19). The second-order valence-corrected chi connectivity index (χ2v) is 5.60. The summed E-state index contributed by atoms with van der Waals surface area (Å²) in [4.78, 5) is 19.7. The Kier molecular flexibility index (Phi) is 3.14. The lowest BCUT2D eigenvalue weighted by molar-refractivity contribution is 0.0945. The first-order chi connectivity index (χ1) is 10.8. The van der Waals surface area contributed by atoms with Gasteiger partial charge in [0.05, 0.1) is 11.0 Å². The van der Waals surface area contributed by atoms with E-state index in [0.29, 0.717) is 24.6 Å². The molecule has 22 heavy (non-hydrogen) atoms. The number of aromatic nitrogens is 3. The predicted octanol–water partition coefficient (Wildman–Crippen LogP) is 2.40. The van der Waals surface area contributed by atoms with E-state index in [1.54, 1.807) is 6.07 Å². The topological polar surface area (TPSA) is 83.8 Å². The van der Waals surface area contributed by atoms with Crippen LogP contribution in [0, 0.1) is 0 Å². The zero-order chi connectivity index (χ0) is 14.9. The molecule has 0 atom stereocenters. The molecule has 0 radical (unpaired) electrons. The van der Waals surface area contributed by atoms with E-state index in [9.17, 15) is 4.79 Å². The molecule has 1 aliphatic rings. The Hall–Kier alpha value is -2.63. The fourth-order valence-corrected chi connectivity index (χ4v) is 2.47. The monoisotopic (exact) mass is 296 g/mol. The summed E-state index contributed by atoms with van der Waals surface area (Å²) in [6.07, 6.45) is 2.90. The Morgan fingerprint density at radius 2 is 2.23 bits per heavy atom. The molecule has 4 rings (SSSR count). The molecule has 0 aliphatic heterocycles. The molecule has 2 aromatic heterocycles. The summed E-state index contributed by atoms with van der Waals surface area (Å²) in [5.41, 5.74) is 2.30. The minimum Gasteiger partial charge on any atom is -0.360 e. The normalized spacial score (nSPS) is 14.4. The SMILES string of the molecule is O=C(NCCc1nc2ccccc2[nH]1)c1cc(C2CC2)on1. The molecule has 0 spiro atoms. The maximum absolute atomic E-state index is 12.0. The second kappa shape index (κ2) is 5.29. The molecule has 1 aromatic carbocycles. The predicted molar refractivity (Wildman–Crippen MR) is 80.6 cm³/mol. The summed E-state index contributed by atoms with van der Waals surface area (Å²) in [7, 11) is 0. The lowest BCUT2D eigenvalue weighted by atomic mass is 10.3. The van der Waals surface area contributed by atoms with Crippen molar-refractivity contribution in [1.82, 2.24) is 20.4 Å². The van der Waals surface area contributed by atoms with Crippen LogP contribution in [0.5, 0.6) is 0 Å². The fraction of sp³-hybridized carbons (Fsp3) is 0.312. The van der Waals surface area contributed by atoms with Crippen molar-refractivity contribution in [2.45, 2.75) is 25.2 Å².